The van der Waals surface area contributed by atoms with Gasteiger partial charge >= 0.3 is 0 Å². The molecule has 28 heavy (non-hydrogen) atoms. The molecule has 1 aliphatic heterocycles. The normalized spacial score (nSPS) is 21.4. The van der Waals surface area contributed by atoms with E-state index < -0.39 is 0 Å². The van der Waals surface area contributed by atoms with E-state index >= 15 is 0 Å². The fourth-order valence-corrected chi connectivity index (χ4v) is 4.51. The zero-order chi connectivity index (χ0) is 20.7. The molecule has 1 aromatic heterocycles. The molecule has 0 radical (unpaired) electrons. The minimum atomic E-state index is 0.430. The van der Waals surface area contributed by atoms with Gasteiger partial charge in [-0.1, -0.05) is 27.7 Å². The maximum atomic E-state index is 4.61. The number of nitrogens with zero attached hydrogens (tertiary/aromatic N) is 5. The first kappa shape index (κ1) is 22.7. The molecule has 0 aromatic carbocycles. The Balaban J connectivity index is 1.73. The van der Waals surface area contributed by atoms with Crippen molar-refractivity contribution < 1.29 is 0 Å². The number of nitrogens with one attached hydrogen (secondary N) is 1. The summed E-state index contributed by atoms with van der Waals surface area (Å²) in [5.41, 5.74) is 2.45. The molecule has 1 aliphatic rings. The number of likely N-dealkylation sites (tertiary alicyclic amines) is 1. The Kier molecular flexibility index (Phi) is 8.80. The molecule has 160 valence electrons. The number of piperidine rings is 1. The molecule has 0 aliphatic carbocycles. The molecule has 0 saturated carbocycles. The van der Waals surface area contributed by atoms with Gasteiger partial charge in [0, 0.05) is 59.1 Å². The SMILES string of the molecule is CN=C(NCCCCN1CC(C)CC(C)C1)N(C)Cc1cn(C)nc1C(C)C. The van der Waals surface area contributed by atoms with E-state index in [1.807, 2.05) is 18.8 Å². The smallest absolute Gasteiger partial charge is 0.193 e. The Hall–Kier alpha value is -1.56. The summed E-state index contributed by atoms with van der Waals surface area (Å²) in [7, 11) is 5.96. The molecule has 2 unspecified atom stereocenters. The first-order valence-electron chi connectivity index (χ1n) is 11.0. The highest BCUT2D eigenvalue weighted by Crippen LogP contribution is 2.21. The predicted molar refractivity (Wildman–Crippen MR) is 119 cm³/mol. The zero-order valence-electron chi connectivity index (χ0n) is 19.2. The van der Waals surface area contributed by atoms with Gasteiger partial charge in [-0.15, -0.1) is 0 Å². The van der Waals surface area contributed by atoms with Crippen LogP contribution in [-0.4, -0.2) is 65.8 Å². The van der Waals surface area contributed by atoms with Crippen molar-refractivity contribution in [3.63, 3.8) is 0 Å². The van der Waals surface area contributed by atoms with E-state index in [2.05, 4.69) is 66.1 Å². The third kappa shape index (κ3) is 6.80. The molecule has 2 rings (SSSR count). The van der Waals surface area contributed by atoms with Crippen LogP contribution in [0.2, 0.25) is 0 Å². The maximum Gasteiger partial charge on any atom is 0.193 e. The number of aliphatic imine (C=N–C) groups is 1. The van der Waals surface area contributed by atoms with Crippen molar-refractivity contribution in [3.05, 3.63) is 17.5 Å². The van der Waals surface area contributed by atoms with Crippen LogP contribution in [0.4, 0.5) is 0 Å². The van der Waals surface area contributed by atoms with Crippen LogP contribution >= 0.6 is 0 Å². The van der Waals surface area contributed by atoms with Crippen molar-refractivity contribution in [1.29, 1.82) is 0 Å². The standard InChI is InChI=1S/C22H42N6/c1-17(2)21-20(16-27(7)25-21)15-26(6)22(23-5)24-10-8-9-11-28-13-18(3)12-19(4)14-28/h16-19H,8-15H2,1-7H3,(H,23,24). The monoisotopic (exact) mass is 390 g/mol. The number of rotatable bonds is 8. The van der Waals surface area contributed by atoms with Crippen molar-refractivity contribution in [3.8, 4) is 0 Å². The van der Waals surface area contributed by atoms with Crippen LogP contribution < -0.4 is 5.32 Å². The number of aryl methyl sites for hydroxylation is 1. The molecular formula is C22H42N6. The van der Waals surface area contributed by atoms with E-state index in [1.54, 1.807) is 0 Å². The van der Waals surface area contributed by atoms with Crippen LogP contribution in [0.5, 0.6) is 0 Å². The van der Waals surface area contributed by atoms with Crippen LogP contribution in [-0.2, 0) is 13.6 Å². The molecule has 1 fully saturated rings. The third-order valence-corrected chi connectivity index (χ3v) is 5.59. The lowest BCUT2D eigenvalue weighted by Crippen LogP contribution is -2.40. The highest BCUT2D eigenvalue weighted by molar-refractivity contribution is 5.79. The van der Waals surface area contributed by atoms with Crippen molar-refractivity contribution in [1.82, 2.24) is 24.9 Å². The average Bonchev–Trinajstić information content (AvgIpc) is 2.97. The lowest BCUT2D eigenvalue weighted by molar-refractivity contribution is 0.139. The number of unbranched alkanes of at least 4 members (excludes halogenated alkanes) is 1. The Morgan fingerprint density at radius 2 is 1.96 bits per heavy atom. The Morgan fingerprint density at radius 1 is 1.29 bits per heavy atom. The number of hydrogen-bond donors (Lipinski definition) is 1. The zero-order valence-corrected chi connectivity index (χ0v) is 19.2. The number of hydrogen-bond acceptors (Lipinski definition) is 3. The van der Waals surface area contributed by atoms with Gasteiger partial charge in [0.25, 0.3) is 0 Å². The fraction of sp³-hybridized carbons (Fsp3) is 0.818. The molecule has 6 heteroatoms. The summed E-state index contributed by atoms with van der Waals surface area (Å²) in [5.74, 6) is 3.08. The third-order valence-electron chi connectivity index (χ3n) is 5.59. The van der Waals surface area contributed by atoms with Gasteiger partial charge < -0.3 is 15.1 Å². The summed E-state index contributed by atoms with van der Waals surface area (Å²) in [5, 5.41) is 8.15. The van der Waals surface area contributed by atoms with Crippen LogP contribution in [0.25, 0.3) is 0 Å². The van der Waals surface area contributed by atoms with Crippen molar-refractivity contribution >= 4 is 5.96 Å². The number of aromatic nitrogens is 2. The van der Waals surface area contributed by atoms with E-state index in [1.165, 1.54) is 50.2 Å². The van der Waals surface area contributed by atoms with Gasteiger partial charge in [-0.2, -0.15) is 5.10 Å². The molecule has 1 aromatic rings. The molecule has 0 amide bonds. The first-order valence-corrected chi connectivity index (χ1v) is 11.0. The Bertz CT molecular complexity index is 611. The molecule has 0 bridgehead atoms. The van der Waals surface area contributed by atoms with Gasteiger partial charge in [0.2, 0.25) is 0 Å². The van der Waals surface area contributed by atoms with Crippen molar-refractivity contribution in [2.24, 2.45) is 23.9 Å². The maximum absolute atomic E-state index is 4.61. The highest BCUT2D eigenvalue weighted by atomic mass is 15.3. The molecule has 2 atom stereocenters. The molecular weight excluding hydrogens is 348 g/mol. The second-order valence-corrected chi connectivity index (χ2v) is 9.11. The van der Waals surface area contributed by atoms with Crippen LogP contribution in [0.1, 0.15) is 64.1 Å². The largest absolute Gasteiger partial charge is 0.356 e. The quantitative estimate of drug-likeness (QED) is 0.420. The summed E-state index contributed by atoms with van der Waals surface area (Å²) in [4.78, 5) is 9.31. The van der Waals surface area contributed by atoms with E-state index in [4.69, 9.17) is 0 Å². The summed E-state index contributed by atoms with van der Waals surface area (Å²) in [6.45, 7) is 14.7. The highest BCUT2D eigenvalue weighted by Gasteiger charge is 2.21. The first-order chi connectivity index (χ1) is 13.3. The predicted octanol–water partition coefficient (Wildman–Crippen LogP) is 3.31. The van der Waals surface area contributed by atoms with Crippen molar-refractivity contribution in [2.45, 2.75) is 59.4 Å². The summed E-state index contributed by atoms with van der Waals surface area (Å²) in [6, 6.07) is 0. The lowest BCUT2D eigenvalue weighted by atomic mass is 9.92. The second-order valence-electron chi connectivity index (χ2n) is 9.11. The fourth-order valence-electron chi connectivity index (χ4n) is 4.51. The van der Waals surface area contributed by atoms with Crippen molar-refractivity contribution in [2.75, 3.05) is 40.3 Å². The van der Waals surface area contributed by atoms with Gasteiger partial charge in [0.05, 0.1) is 5.69 Å². The summed E-state index contributed by atoms with van der Waals surface area (Å²) < 4.78 is 1.91. The van der Waals surface area contributed by atoms with E-state index in [0.29, 0.717) is 5.92 Å². The van der Waals surface area contributed by atoms with Gasteiger partial charge in [-0.05, 0) is 43.6 Å². The summed E-state index contributed by atoms with van der Waals surface area (Å²) in [6.07, 6.45) is 5.93. The van der Waals surface area contributed by atoms with Gasteiger partial charge in [0.1, 0.15) is 0 Å². The van der Waals surface area contributed by atoms with E-state index in [-0.39, 0.29) is 0 Å². The van der Waals surface area contributed by atoms with Crippen LogP contribution in [0.3, 0.4) is 0 Å². The van der Waals surface area contributed by atoms with E-state index in [0.717, 1.165) is 30.9 Å². The van der Waals surface area contributed by atoms with Crippen LogP contribution in [0, 0.1) is 11.8 Å². The molecule has 2 heterocycles. The number of guanidine groups is 1. The molecule has 6 nitrogen and oxygen atoms in total. The minimum Gasteiger partial charge on any atom is -0.356 e. The average molecular weight is 391 g/mol. The summed E-state index contributed by atoms with van der Waals surface area (Å²) >= 11 is 0. The second kappa shape index (κ2) is 10.8. The lowest BCUT2D eigenvalue weighted by Gasteiger charge is -2.35. The Labute approximate surface area is 172 Å². The van der Waals surface area contributed by atoms with Gasteiger partial charge in [0.15, 0.2) is 5.96 Å². The van der Waals surface area contributed by atoms with Gasteiger partial charge in [-0.3, -0.25) is 9.67 Å². The van der Waals surface area contributed by atoms with Crippen LogP contribution in [0.15, 0.2) is 11.2 Å². The topological polar surface area (TPSA) is 48.7 Å². The minimum absolute atomic E-state index is 0.430. The van der Waals surface area contributed by atoms with Gasteiger partial charge in [-0.25, -0.2) is 0 Å². The molecule has 1 saturated heterocycles. The molecule has 1 N–H and O–H groups in total. The molecule has 0 spiro atoms. The van der Waals surface area contributed by atoms with E-state index in [9.17, 15) is 0 Å². The Morgan fingerprint density at radius 3 is 2.57 bits per heavy atom.